The Hall–Kier alpha value is -2.43. The van der Waals surface area contributed by atoms with Crippen LogP contribution in [0.5, 0.6) is 0 Å². The maximum Gasteiger partial charge on any atom is 0.193 e. The van der Waals surface area contributed by atoms with Gasteiger partial charge in [0.2, 0.25) is 0 Å². The first-order chi connectivity index (χ1) is 11.1. The molecule has 2 N–H and O–H groups in total. The number of fused-ring (bicyclic) bond motifs is 1. The van der Waals surface area contributed by atoms with Crippen LogP contribution in [-0.2, 0) is 6.42 Å². The lowest BCUT2D eigenvalue weighted by molar-refractivity contribution is -0.0424. The highest BCUT2D eigenvalue weighted by Crippen LogP contribution is 2.26. The number of hydrogen-bond donors (Lipinski definition) is 2. The van der Waals surface area contributed by atoms with Crippen LogP contribution in [0.2, 0.25) is 0 Å². The molecule has 0 unspecified atom stereocenters. The van der Waals surface area contributed by atoms with Crippen molar-refractivity contribution in [2.24, 2.45) is 0 Å². The van der Waals surface area contributed by atoms with E-state index in [9.17, 15) is 15.0 Å². The predicted octanol–water partition coefficient (Wildman–Crippen LogP) is 3.40. The number of aryl methyl sites for hydroxylation is 1. The van der Waals surface area contributed by atoms with Crippen molar-refractivity contribution in [2.75, 3.05) is 0 Å². The molecule has 0 aliphatic carbocycles. The van der Waals surface area contributed by atoms with Crippen LogP contribution in [0.15, 0.2) is 57.7 Å². The number of aliphatic hydroxyl groups excluding tert-OH is 1. The van der Waals surface area contributed by atoms with E-state index in [1.54, 1.807) is 30.3 Å². The number of para-hydroxylation sites is 1. The van der Waals surface area contributed by atoms with Crippen LogP contribution in [0.3, 0.4) is 0 Å². The Morgan fingerprint density at radius 3 is 2.61 bits per heavy atom. The zero-order valence-corrected chi connectivity index (χ0v) is 12.8. The van der Waals surface area contributed by atoms with E-state index in [1.807, 2.05) is 12.1 Å². The van der Waals surface area contributed by atoms with Gasteiger partial charge in [0.25, 0.3) is 0 Å². The average Bonchev–Trinajstić information content (AvgIpc) is 2.56. The van der Waals surface area contributed by atoms with E-state index in [4.69, 9.17) is 4.42 Å². The van der Waals surface area contributed by atoms with Gasteiger partial charge in [0.15, 0.2) is 11.7 Å². The zero-order chi connectivity index (χ0) is 16.4. The van der Waals surface area contributed by atoms with E-state index < -0.39 is 6.29 Å². The second-order valence-electron chi connectivity index (χ2n) is 5.52. The number of aliphatic hydroxyl groups is 2. The van der Waals surface area contributed by atoms with Gasteiger partial charge in [0.1, 0.15) is 11.3 Å². The minimum Gasteiger partial charge on any atom is -0.456 e. The van der Waals surface area contributed by atoms with Gasteiger partial charge in [-0.3, -0.25) is 4.79 Å². The van der Waals surface area contributed by atoms with Crippen molar-refractivity contribution in [2.45, 2.75) is 26.1 Å². The second kappa shape index (κ2) is 6.36. The maximum atomic E-state index is 12.4. The monoisotopic (exact) mass is 310 g/mol. The standard InChI is InChI=1S/C19H18O4/c1-2-5-12-6-4-9-15-16(20)11-17(23-18(12)15)13-7-3-8-14(10-13)19(21)22/h3-4,6-11,19,21-22H,2,5H2,1H3. The molecule has 118 valence electrons. The van der Waals surface area contributed by atoms with Gasteiger partial charge in [-0.25, -0.2) is 0 Å². The summed E-state index contributed by atoms with van der Waals surface area (Å²) in [5.41, 5.74) is 2.50. The fraction of sp³-hybridized carbons (Fsp3) is 0.211. The third kappa shape index (κ3) is 3.04. The molecule has 4 heteroatoms. The number of hydrogen-bond acceptors (Lipinski definition) is 4. The summed E-state index contributed by atoms with van der Waals surface area (Å²) >= 11 is 0. The molecule has 0 aliphatic rings. The molecular formula is C19H18O4. The van der Waals surface area contributed by atoms with Gasteiger partial charge in [-0.15, -0.1) is 0 Å². The lowest BCUT2D eigenvalue weighted by Gasteiger charge is -2.09. The van der Waals surface area contributed by atoms with Crippen LogP contribution in [0.1, 0.15) is 30.8 Å². The van der Waals surface area contributed by atoms with Crippen LogP contribution >= 0.6 is 0 Å². The molecule has 1 heterocycles. The summed E-state index contributed by atoms with van der Waals surface area (Å²) in [6, 6.07) is 13.7. The van der Waals surface area contributed by atoms with Gasteiger partial charge in [-0.05, 0) is 24.1 Å². The van der Waals surface area contributed by atoms with Gasteiger partial charge in [-0.2, -0.15) is 0 Å². The molecule has 3 aromatic rings. The smallest absolute Gasteiger partial charge is 0.193 e. The van der Waals surface area contributed by atoms with Crippen LogP contribution in [0, 0.1) is 0 Å². The van der Waals surface area contributed by atoms with Crippen molar-refractivity contribution in [1.82, 2.24) is 0 Å². The summed E-state index contributed by atoms with van der Waals surface area (Å²) < 4.78 is 5.98. The molecule has 1 aromatic heterocycles. The van der Waals surface area contributed by atoms with Crippen molar-refractivity contribution in [3.8, 4) is 11.3 Å². The van der Waals surface area contributed by atoms with E-state index >= 15 is 0 Å². The highest BCUT2D eigenvalue weighted by atomic mass is 16.5. The van der Waals surface area contributed by atoms with Crippen molar-refractivity contribution in [3.63, 3.8) is 0 Å². The molecule has 0 radical (unpaired) electrons. The largest absolute Gasteiger partial charge is 0.456 e. The number of rotatable bonds is 4. The van der Waals surface area contributed by atoms with Crippen LogP contribution in [0.25, 0.3) is 22.3 Å². The first kappa shape index (κ1) is 15.5. The molecule has 0 saturated carbocycles. The Balaban J connectivity index is 2.21. The topological polar surface area (TPSA) is 70.7 Å². The summed E-state index contributed by atoms with van der Waals surface area (Å²) in [4.78, 5) is 12.4. The molecule has 23 heavy (non-hydrogen) atoms. The molecule has 0 aliphatic heterocycles. The first-order valence-electron chi connectivity index (χ1n) is 7.62. The minimum absolute atomic E-state index is 0.103. The Kier molecular flexibility index (Phi) is 4.28. The van der Waals surface area contributed by atoms with Gasteiger partial charge < -0.3 is 14.6 Å². The van der Waals surface area contributed by atoms with E-state index in [0.717, 1.165) is 18.4 Å². The van der Waals surface area contributed by atoms with Crippen molar-refractivity contribution in [1.29, 1.82) is 0 Å². The maximum absolute atomic E-state index is 12.4. The molecule has 0 amide bonds. The molecule has 0 bridgehead atoms. The third-order valence-electron chi connectivity index (χ3n) is 3.82. The summed E-state index contributed by atoms with van der Waals surface area (Å²) in [6.07, 6.45) is 0.232. The summed E-state index contributed by atoms with van der Waals surface area (Å²) in [6.45, 7) is 2.08. The lowest BCUT2D eigenvalue weighted by Crippen LogP contribution is -2.02. The summed E-state index contributed by atoms with van der Waals surface area (Å²) in [5.74, 6) is 0.425. The van der Waals surface area contributed by atoms with Crippen molar-refractivity contribution < 1.29 is 14.6 Å². The molecule has 4 nitrogen and oxygen atoms in total. The van der Waals surface area contributed by atoms with Gasteiger partial charge >= 0.3 is 0 Å². The molecule has 0 atom stereocenters. The molecule has 0 fully saturated rings. The van der Waals surface area contributed by atoms with Crippen LogP contribution < -0.4 is 5.43 Å². The van der Waals surface area contributed by atoms with E-state index in [2.05, 4.69) is 6.92 Å². The van der Waals surface area contributed by atoms with Crippen molar-refractivity contribution in [3.05, 3.63) is 69.9 Å². The Morgan fingerprint density at radius 2 is 1.87 bits per heavy atom. The van der Waals surface area contributed by atoms with E-state index in [0.29, 0.717) is 27.9 Å². The van der Waals surface area contributed by atoms with Gasteiger partial charge in [0.05, 0.1) is 5.39 Å². The SMILES string of the molecule is CCCc1cccc2c(=O)cc(-c3cccc(C(O)O)c3)oc12. The third-order valence-corrected chi connectivity index (χ3v) is 3.82. The molecule has 2 aromatic carbocycles. The van der Waals surface area contributed by atoms with Gasteiger partial charge in [0, 0.05) is 17.2 Å². The Bertz CT molecular complexity index is 893. The Labute approximate surface area is 133 Å². The lowest BCUT2D eigenvalue weighted by atomic mass is 10.0. The van der Waals surface area contributed by atoms with Gasteiger partial charge in [-0.1, -0.05) is 43.7 Å². The summed E-state index contributed by atoms with van der Waals surface area (Å²) in [5, 5.41) is 19.2. The van der Waals surface area contributed by atoms with Crippen molar-refractivity contribution >= 4 is 11.0 Å². The average molecular weight is 310 g/mol. The highest BCUT2D eigenvalue weighted by molar-refractivity contribution is 5.81. The quantitative estimate of drug-likeness (QED) is 0.725. The van der Waals surface area contributed by atoms with Crippen LogP contribution in [0.4, 0.5) is 0 Å². The van der Waals surface area contributed by atoms with Crippen LogP contribution in [-0.4, -0.2) is 10.2 Å². The number of benzene rings is 2. The zero-order valence-electron chi connectivity index (χ0n) is 12.8. The highest BCUT2D eigenvalue weighted by Gasteiger charge is 2.11. The molecule has 0 spiro atoms. The fourth-order valence-corrected chi connectivity index (χ4v) is 2.70. The molecule has 3 rings (SSSR count). The normalized spacial score (nSPS) is 11.3. The molecule has 0 saturated heterocycles. The fourth-order valence-electron chi connectivity index (χ4n) is 2.70. The molecular weight excluding hydrogens is 292 g/mol. The summed E-state index contributed by atoms with van der Waals surface area (Å²) in [7, 11) is 0. The Morgan fingerprint density at radius 1 is 1.09 bits per heavy atom. The minimum atomic E-state index is -1.56. The first-order valence-corrected chi connectivity index (χ1v) is 7.62. The predicted molar refractivity (Wildman–Crippen MR) is 89.1 cm³/mol. The van der Waals surface area contributed by atoms with E-state index in [1.165, 1.54) is 6.07 Å². The second-order valence-corrected chi connectivity index (χ2v) is 5.52. The van der Waals surface area contributed by atoms with E-state index in [-0.39, 0.29) is 5.43 Å².